The molecule has 0 saturated carbocycles. The van der Waals surface area contributed by atoms with Gasteiger partial charge in [0.1, 0.15) is 11.2 Å². The zero-order valence-corrected chi connectivity index (χ0v) is 17.8. The molecule has 0 aliphatic rings. The summed E-state index contributed by atoms with van der Waals surface area (Å²) in [6.07, 6.45) is -1.85. The fraction of sp³-hybridized carbons (Fsp3) is 0.550. The van der Waals surface area contributed by atoms with Crippen LogP contribution in [0, 0.1) is 0 Å². The van der Waals surface area contributed by atoms with Gasteiger partial charge in [0.2, 0.25) is 0 Å². The Morgan fingerprint density at radius 1 is 0.857 bits per heavy atom. The molecule has 8 heteroatoms. The van der Waals surface area contributed by atoms with Crippen LogP contribution in [0.3, 0.4) is 0 Å². The van der Waals surface area contributed by atoms with E-state index in [2.05, 4.69) is 5.43 Å². The van der Waals surface area contributed by atoms with E-state index in [4.69, 9.17) is 14.2 Å². The van der Waals surface area contributed by atoms with Gasteiger partial charge in [-0.3, -0.25) is 0 Å². The number of rotatable bonds is 3. The second-order valence-corrected chi connectivity index (χ2v) is 8.36. The molecule has 1 atom stereocenters. The molecule has 0 radical (unpaired) electrons. The molecule has 0 aliphatic heterocycles. The summed E-state index contributed by atoms with van der Waals surface area (Å²) in [6.45, 7) is 11.5. The largest absolute Gasteiger partial charge is 0.467 e. The van der Waals surface area contributed by atoms with Crippen molar-refractivity contribution in [3.8, 4) is 0 Å². The molecule has 1 N–H and O–H groups in total. The number of nitrogens with zero attached hydrogens (tertiary/aromatic N) is 1. The van der Waals surface area contributed by atoms with E-state index in [1.807, 2.05) is 0 Å². The molecule has 0 saturated heterocycles. The number of nitrogens with one attached hydrogen (secondary N) is 1. The van der Waals surface area contributed by atoms with Crippen LogP contribution in [0.5, 0.6) is 0 Å². The van der Waals surface area contributed by atoms with Crippen LogP contribution in [0.2, 0.25) is 0 Å². The minimum absolute atomic E-state index is 0.420. The average Bonchev–Trinajstić information content (AvgIpc) is 2.55. The first-order chi connectivity index (χ1) is 12.7. The molecule has 1 rings (SSSR count). The number of methoxy groups -OCH3 is 1. The number of benzene rings is 1. The highest BCUT2D eigenvalue weighted by Gasteiger charge is 2.48. The SMILES string of the molecule is COC(=O)[C@](C)(c1ccccc1)N(NC(=O)OC(C)(C)C)C(=O)OC(C)(C)C. The van der Waals surface area contributed by atoms with Gasteiger partial charge in [0.25, 0.3) is 0 Å². The Labute approximate surface area is 166 Å². The summed E-state index contributed by atoms with van der Waals surface area (Å²) in [5, 5.41) is 0.799. The van der Waals surface area contributed by atoms with E-state index in [0.29, 0.717) is 5.56 Å². The van der Waals surface area contributed by atoms with Crippen LogP contribution in [0.1, 0.15) is 54.0 Å². The molecule has 1 aromatic carbocycles. The number of carbonyl (C=O) groups is 3. The number of esters is 1. The monoisotopic (exact) mass is 394 g/mol. The molecule has 0 heterocycles. The third-order valence-corrected chi connectivity index (χ3v) is 3.54. The summed E-state index contributed by atoms with van der Waals surface area (Å²) in [5.74, 6) is -0.763. The van der Waals surface area contributed by atoms with E-state index in [-0.39, 0.29) is 0 Å². The fourth-order valence-electron chi connectivity index (χ4n) is 2.34. The lowest BCUT2D eigenvalue weighted by Crippen LogP contribution is -2.61. The van der Waals surface area contributed by atoms with E-state index in [9.17, 15) is 14.4 Å². The van der Waals surface area contributed by atoms with Crippen LogP contribution in [0.15, 0.2) is 30.3 Å². The minimum Gasteiger partial charge on any atom is -0.467 e. The number of amides is 2. The van der Waals surface area contributed by atoms with Crippen molar-refractivity contribution < 1.29 is 28.6 Å². The van der Waals surface area contributed by atoms with Gasteiger partial charge in [-0.25, -0.2) is 19.8 Å². The molecular weight excluding hydrogens is 364 g/mol. The lowest BCUT2D eigenvalue weighted by molar-refractivity contribution is -0.156. The maximum Gasteiger partial charge on any atom is 0.430 e. The first kappa shape index (κ1) is 23.3. The van der Waals surface area contributed by atoms with Gasteiger partial charge in [0.15, 0.2) is 5.54 Å². The van der Waals surface area contributed by atoms with Crippen molar-refractivity contribution in [2.75, 3.05) is 7.11 Å². The summed E-state index contributed by atoms with van der Waals surface area (Å²) in [5.41, 5.74) is -0.602. The fourth-order valence-corrected chi connectivity index (χ4v) is 2.34. The molecule has 0 aliphatic carbocycles. The first-order valence-corrected chi connectivity index (χ1v) is 8.87. The number of ether oxygens (including phenoxy) is 3. The molecule has 2 amide bonds. The van der Waals surface area contributed by atoms with Crippen molar-refractivity contribution in [3.05, 3.63) is 35.9 Å². The normalized spacial score (nSPS) is 13.7. The zero-order valence-electron chi connectivity index (χ0n) is 17.8. The van der Waals surface area contributed by atoms with Gasteiger partial charge in [-0.15, -0.1) is 0 Å². The number of hydrogen-bond acceptors (Lipinski definition) is 6. The summed E-state index contributed by atoms with van der Waals surface area (Å²) in [7, 11) is 1.20. The average molecular weight is 394 g/mol. The van der Waals surface area contributed by atoms with Crippen LogP contribution < -0.4 is 5.43 Å². The third kappa shape index (κ3) is 6.14. The molecule has 0 aromatic heterocycles. The molecule has 156 valence electrons. The van der Waals surface area contributed by atoms with E-state index in [1.165, 1.54) is 14.0 Å². The highest BCUT2D eigenvalue weighted by Crippen LogP contribution is 2.30. The molecule has 0 unspecified atom stereocenters. The zero-order chi connectivity index (χ0) is 21.8. The van der Waals surface area contributed by atoms with Crippen LogP contribution in [0.25, 0.3) is 0 Å². The smallest absolute Gasteiger partial charge is 0.430 e. The number of hydrogen-bond donors (Lipinski definition) is 1. The summed E-state index contributed by atoms with van der Waals surface area (Å²) in [4.78, 5) is 38.1. The quantitative estimate of drug-likeness (QED) is 0.477. The second-order valence-electron chi connectivity index (χ2n) is 8.36. The predicted octanol–water partition coefficient (Wildman–Crippen LogP) is 3.75. The second kappa shape index (κ2) is 8.50. The van der Waals surface area contributed by atoms with E-state index in [1.54, 1.807) is 71.9 Å². The lowest BCUT2D eigenvalue weighted by atomic mass is 9.91. The molecule has 0 spiro atoms. The highest BCUT2D eigenvalue weighted by atomic mass is 16.6. The third-order valence-electron chi connectivity index (χ3n) is 3.54. The van der Waals surface area contributed by atoms with Gasteiger partial charge in [-0.1, -0.05) is 30.3 Å². The highest BCUT2D eigenvalue weighted by molar-refractivity contribution is 5.88. The first-order valence-electron chi connectivity index (χ1n) is 8.87. The predicted molar refractivity (Wildman–Crippen MR) is 103 cm³/mol. The van der Waals surface area contributed by atoms with Gasteiger partial charge in [0.05, 0.1) is 7.11 Å². The van der Waals surface area contributed by atoms with Gasteiger partial charge < -0.3 is 14.2 Å². The molecule has 0 fully saturated rings. The Morgan fingerprint density at radius 2 is 1.36 bits per heavy atom. The van der Waals surface area contributed by atoms with Crippen molar-refractivity contribution in [3.63, 3.8) is 0 Å². The van der Waals surface area contributed by atoms with E-state index < -0.39 is 34.9 Å². The van der Waals surface area contributed by atoms with Crippen molar-refractivity contribution in [2.24, 2.45) is 0 Å². The Hall–Kier alpha value is -2.77. The van der Waals surface area contributed by atoms with Gasteiger partial charge in [0, 0.05) is 0 Å². The van der Waals surface area contributed by atoms with Crippen LogP contribution >= 0.6 is 0 Å². The standard InChI is InChI=1S/C20H30N2O6/c1-18(2,3)27-16(24)21-22(17(25)28-19(4,5)6)20(7,15(23)26-8)14-12-10-9-11-13-14/h9-13H,1-8H3,(H,21,24)/t20-/m0/s1. The Morgan fingerprint density at radius 3 is 1.79 bits per heavy atom. The molecule has 1 aromatic rings. The summed E-state index contributed by atoms with van der Waals surface area (Å²) >= 11 is 0. The van der Waals surface area contributed by atoms with Crippen molar-refractivity contribution in [1.82, 2.24) is 10.4 Å². The van der Waals surface area contributed by atoms with Crippen LogP contribution in [-0.4, -0.2) is 41.5 Å². The van der Waals surface area contributed by atoms with Gasteiger partial charge in [-0.05, 0) is 54.0 Å². The van der Waals surface area contributed by atoms with Crippen LogP contribution in [0.4, 0.5) is 9.59 Å². The maximum absolute atomic E-state index is 12.9. The minimum atomic E-state index is -1.70. The number of carbonyl (C=O) groups excluding carboxylic acids is 3. The lowest BCUT2D eigenvalue weighted by Gasteiger charge is -2.39. The number of hydrazine groups is 1. The van der Waals surface area contributed by atoms with Gasteiger partial charge in [-0.2, -0.15) is 5.01 Å². The molecule has 28 heavy (non-hydrogen) atoms. The van der Waals surface area contributed by atoms with Gasteiger partial charge >= 0.3 is 18.2 Å². The van der Waals surface area contributed by atoms with Crippen LogP contribution in [-0.2, 0) is 24.5 Å². The summed E-state index contributed by atoms with van der Waals surface area (Å²) < 4.78 is 15.6. The van der Waals surface area contributed by atoms with Crippen molar-refractivity contribution >= 4 is 18.2 Å². The topological polar surface area (TPSA) is 94.2 Å². The molecule has 8 nitrogen and oxygen atoms in total. The van der Waals surface area contributed by atoms with Crippen molar-refractivity contribution in [1.29, 1.82) is 0 Å². The Kier molecular flexibility index (Phi) is 7.06. The Bertz CT molecular complexity index is 706. The van der Waals surface area contributed by atoms with Crippen molar-refractivity contribution in [2.45, 2.75) is 65.2 Å². The maximum atomic E-state index is 12.9. The molecule has 0 bridgehead atoms. The Balaban J connectivity index is 3.45. The van der Waals surface area contributed by atoms with E-state index >= 15 is 0 Å². The van der Waals surface area contributed by atoms with E-state index in [0.717, 1.165) is 5.01 Å². The summed E-state index contributed by atoms with van der Waals surface area (Å²) in [6, 6.07) is 8.46. The molecular formula is C20H30N2O6.